The summed E-state index contributed by atoms with van der Waals surface area (Å²) in [5.41, 5.74) is 3.31. The van der Waals surface area contributed by atoms with Crippen LogP contribution in [0.3, 0.4) is 0 Å². The van der Waals surface area contributed by atoms with E-state index in [0.29, 0.717) is 57.2 Å². The van der Waals surface area contributed by atoms with Crippen LogP contribution in [0.5, 0.6) is 11.5 Å². The molecular weight excluding hydrogens is 759 g/mol. The highest BCUT2D eigenvalue weighted by molar-refractivity contribution is 9.10. The van der Waals surface area contributed by atoms with Gasteiger partial charge in [0, 0.05) is 10.6 Å². The highest BCUT2D eigenvalue weighted by atomic mass is 79.9. The van der Waals surface area contributed by atoms with Crippen LogP contribution >= 0.6 is 62.1 Å². The van der Waals surface area contributed by atoms with Crippen molar-refractivity contribution in [2.45, 2.75) is 19.6 Å². The second kappa shape index (κ2) is 14.7. The van der Waals surface area contributed by atoms with Gasteiger partial charge in [-0.15, -0.1) is 0 Å². The van der Waals surface area contributed by atoms with Crippen LogP contribution in [0.4, 0.5) is 0 Å². The van der Waals surface area contributed by atoms with Gasteiger partial charge < -0.3 is 14.2 Å². The van der Waals surface area contributed by atoms with Crippen molar-refractivity contribution in [3.63, 3.8) is 0 Å². The molecule has 0 aliphatic carbocycles. The van der Waals surface area contributed by atoms with Crippen molar-refractivity contribution in [2.24, 2.45) is 4.99 Å². The number of rotatable bonds is 9. The average Bonchev–Trinajstić information content (AvgIpc) is 3.39. The van der Waals surface area contributed by atoms with E-state index >= 15 is 0 Å². The maximum absolute atomic E-state index is 14.2. The summed E-state index contributed by atoms with van der Waals surface area (Å²) in [6.45, 7) is 2.12. The predicted molar refractivity (Wildman–Crippen MR) is 194 cm³/mol. The van der Waals surface area contributed by atoms with E-state index in [4.69, 9.17) is 54.0 Å². The Morgan fingerprint density at radius 2 is 1.75 bits per heavy atom. The molecule has 0 bridgehead atoms. The topological polar surface area (TPSA) is 79.1 Å². The van der Waals surface area contributed by atoms with E-state index in [2.05, 4.69) is 15.9 Å². The Morgan fingerprint density at radius 1 is 1.00 bits per heavy atom. The number of carbonyl (C=O) groups is 1. The minimum atomic E-state index is -0.812. The summed E-state index contributed by atoms with van der Waals surface area (Å²) in [5.74, 6) is 0.384. The number of fused-ring (bicyclic) bond motifs is 1. The Labute approximate surface area is 303 Å². The molecule has 1 aromatic heterocycles. The fourth-order valence-corrected chi connectivity index (χ4v) is 7.32. The molecule has 2 heterocycles. The Balaban J connectivity index is 1.47. The number of hydrogen-bond acceptors (Lipinski definition) is 7. The van der Waals surface area contributed by atoms with Gasteiger partial charge in [0.25, 0.3) is 5.56 Å². The van der Waals surface area contributed by atoms with Crippen LogP contribution < -0.4 is 24.4 Å². The SMILES string of the molecule is CCOC(=O)C1=C(c2ccccc2)N=c2s/c(=C\c3cc(Br)c(OCc4ccc(Cl)c(Cl)c4)c(OC)c3)c(=O)n2[C@H]1c1ccc(Cl)cc1. The number of aromatic nitrogens is 1. The van der Waals surface area contributed by atoms with Crippen molar-refractivity contribution < 1.29 is 19.0 Å². The summed E-state index contributed by atoms with van der Waals surface area (Å²) in [5, 5.41) is 1.42. The van der Waals surface area contributed by atoms with Crippen molar-refractivity contribution in [3.8, 4) is 11.5 Å². The quantitative estimate of drug-likeness (QED) is 0.141. The smallest absolute Gasteiger partial charge is 0.338 e. The van der Waals surface area contributed by atoms with Gasteiger partial charge in [-0.1, -0.05) is 94.7 Å². The molecule has 0 radical (unpaired) electrons. The molecule has 244 valence electrons. The molecule has 5 aromatic rings. The molecule has 0 fully saturated rings. The molecule has 0 saturated heterocycles. The number of carbonyl (C=O) groups excluding carboxylic acids is 1. The van der Waals surface area contributed by atoms with Crippen LogP contribution in [0, 0.1) is 0 Å². The highest BCUT2D eigenvalue weighted by Gasteiger charge is 2.35. The molecule has 12 heteroatoms. The van der Waals surface area contributed by atoms with Gasteiger partial charge in [-0.2, -0.15) is 0 Å². The first-order valence-corrected chi connectivity index (χ1v) is 17.4. The van der Waals surface area contributed by atoms with Crippen LogP contribution in [0.15, 0.2) is 105 Å². The molecule has 7 nitrogen and oxygen atoms in total. The van der Waals surface area contributed by atoms with Gasteiger partial charge >= 0.3 is 5.97 Å². The molecule has 0 unspecified atom stereocenters. The first-order chi connectivity index (χ1) is 23.2. The summed E-state index contributed by atoms with van der Waals surface area (Å²) in [4.78, 5) is 33.2. The van der Waals surface area contributed by atoms with E-state index in [9.17, 15) is 9.59 Å². The monoisotopic (exact) mass is 782 g/mol. The molecular formula is C36H26BrCl3N2O5S. The Kier molecular flexibility index (Phi) is 10.4. The van der Waals surface area contributed by atoms with Gasteiger partial charge in [0.2, 0.25) is 0 Å². The number of nitrogens with zero attached hydrogens (tertiary/aromatic N) is 2. The lowest BCUT2D eigenvalue weighted by molar-refractivity contribution is -0.138. The number of benzene rings is 4. The first-order valence-electron chi connectivity index (χ1n) is 14.7. The molecule has 0 N–H and O–H groups in total. The average molecular weight is 785 g/mol. The fraction of sp³-hybridized carbons (Fsp3) is 0.139. The van der Waals surface area contributed by atoms with E-state index in [0.717, 1.165) is 11.1 Å². The normalized spacial score (nSPS) is 14.4. The lowest BCUT2D eigenvalue weighted by Gasteiger charge is -2.25. The number of esters is 1. The number of methoxy groups -OCH3 is 1. The van der Waals surface area contributed by atoms with E-state index in [1.54, 1.807) is 67.1 Å². The summed E-state index contributed by atoms with van der Waals surface area (Å²) >= 11 is 23.3. The Morgan fingerprint density at radius 3 is 2.44 bits per heavy atom. The largest absolute Gasteiger partial charge is 0.493 e. The molecule has 1 aliphatic heterocycles. The van der Waals surface area contributed by atoms with Crippen LogP contribution in [0.2, 0.25) is 15.1 Å². The van der Waals surface area contributed by atoms with Gasteiger partial charge in [0.1, 0.15) is 6.61 Å². The number of thiazole rings is 1. The molecule has 48 heavy (non-hydrogen) atoms. The number of halogens is 4. The summed E-state index contributed by atoms with van der Waals surface area (Å²) in [6.07, 6.45) is 1.76. The van der Waals surface area contributed by atoms with Crippen molar-refractivity contribution in [2.75, 3.05) is 13.7 Å². The summed E-state index contributed by atoms with van der Waals surface area (Å²) in [6, 6.07) is 24.5. The van der Waals surface area contributed by atoms with Crippen LogP contribution in [0.25, 0.3) is 11.8 Å². The third-order valence-electron chi connectivity index (χ3n) is 7.48. The maximum Gasteiger partial charge on any atom is 0.338 e. The standard InChI is InChI=1S/C36H26BrCl3N2O5S/c1-3-46-35(44)30-31(22-7-5-4-6-8-22)41-36-42(32(30)23-10-12-24(38)13-11-23)34(43)29(48-36)18-21-15-25(37)33(28(17-21)45-2)47-19-20-9-14-26(39)27(40)16-20/h4-18,32H,3,19H2,1-2H3/b29-18-/t32-/m0/s1. The first kappa shape index (κ1) is 34.0. The number of hydrogen-bond donors (Lipinski definition) is 0. The highest BCUT2D eigenvalue weighted by Crippen LogP contribution is 2.38. The maximum atomic E-state index is 14.2. The van der Waals surface area contributed by atoms with Gasteiger partial charge in [-0.3, -0.25) is 9.36 Å². The van der Waals surface area contributed by atoms with E-state index in [1.807, 2.05) is 42.5 Å². The van der Waals surface area contributed by atoms with Crippen molar-refractivity contribution >= 4 is 79.8 Å². The van der Waals surface area contributed by atoms with Gasteiger partial charge in [0.05, 0.1) is 50.1 Å². The van der Waals surface area contributed by atoms with E-state index in [1.165, 1.54) is 11.3 Å². The van der Waals surface area contributed by atoms with Crippen LogP contribution in [-0.4, -0.2) is 24.3 Å². The molecule has 4 aromatic carbocycles. The Bertz CT molecular complexity index is 2240. The molecule has 6 rings (SSSR count). The van der Waals surface area contributed by atoms with Gasteiger partial charge in [-0.05, 0) is 82.0 Å². The minimum absolute atomic E-state index is 0.159. The van der Waals surface area contributed by atoms with Crippen LogP contribution in [-0.2, 0) is 16.1 Å². The Hall–Kier alpha value is -3.86. The zero-order valence-corrected chi connectivity index (χ0v) is 30.2. The second-order valence-electron chi connectivity index (χ2n) is 10.6. The predicted octanol–water partition coefficient (Wildman–Crippen LogP) is 8.25. The molecule has 1 atom stereocenters. The third-order valence-corrected chi connectivity index (χ3v) is 10.0. The molecule has 0 saturated carbocycles. The summed E-state index contributed by atoms with van der Waals surface area (Å²) < 4.78 is 19.9. The molecule has 0 amide bonds. The fourth-order valence-electron chi connectivity index (χ4n) is 5.30. The van der Waals surface area contributed by atoms with Crippen molar-refractivity contribution in [1.29, 1.82) is 0 Å². The van der Waals surface area contributed by atoms with Gasteiger partial charge in [0.15, 0.2) is 16.3 Å². The number of ether oxygens (including phenoxy) is 3. The lowest BCUT2D eigenvalue weighted by Crippen LogP contribution is -2.40. The van der Waals surface area contributed by atoms with Crippen LogP contribution in [0.1, 0.15) is 35.2 Å². The van der Waals surface area contributed by atoms with Crippen molar-refractivity contribution in [3.05, 3.63) is 152 Å². The zero-order chi connectivity index (χ0) is 33.9. The van der Waals surface area contributed by atoms with E-state index in [-0.39, 0.29) is 24.3 Å². The minimum Gasteiger partial charge on any atom is -0.493 e. The third kappa shape index (κ3) is 6.97. The second-order valence-corrected chi connectivity index (χ2v) is 13.7. The zero-order valence-electron chi connectivity index (χ0n) is 25.5. The lowest BCUT2D eigenvalue weighted by atomic mass is 9.93. The van der Waals surface area contributed by atoms with E-state index < -0.39 is 12.0 Å². The van der Waals surface area contributed by atoms with Gasteiger partial charge in [-0.25, -0.2) is 9.79 Å². The molecule has 1 aliphatic rings. The van der Waals surface area contributed by atoms with Crippen molar-refractivity contribution in [1.82, 2.24) is 4.57 Å². The molecule has 0 spiro atoms. The summed E-state index contributed by atoms with van der Waals surface area (Å²) in [7, 11) is 1.54.